The number of carbonyl (C=O) groups is 1. The molecule has 2 rings (SSSR count). The summed E-state index contributed by atoms with van der Waals surface area (Å²) in [6.07, 6.45) is 0. The Morgan fingerprint density at radius 2 is 1.89 bits per heavy atom. The number of ether oxygens (including phenoxy) is 1. The van der Waals surface area contributed by atoms with Crippen molar-refractivity contribution in [2.45, 2.75) is 0 Å². The molecule has 0 heterocycles. The first-order valence-electron chi connectivity index (χ1n) is 5.39. The zero-order chi connectivity index (χ0) is 13.1. The van der Waals surface area contributed by atoms with Crippen molar-refractivity contribution in [1.82, 2.24) is 0 Å². The van der Waals surface area contributed by atoms with Gasteiger partial charge in [0.15, 0.2) is 5.78 Å². The molecule has 0 radical (unpaired) electrons. The van der Waals surface area contributed by atoms with Gasteiger partial charge in [0.1, 0.15) is 11.5 Å². The van der Waals surface area contributed by atoms with Crippen molar-refractivity contribution >= 4 is 11.5 Å². The van der Waals surface area contributed by atoms with Gasteiger partial charge >= 0.3 is 0 Å². The van der Waals surface area contributed by atoms with E-state index in [2.05, 4.69) is 0 Å². The van der Waals surface area contributed by atoms with Crippen LogP contribution in [0.25, 0.3) is 0 Å². The molecule has 0 fully saturated rings. The quantitative estimate of drug-likeness (QED) is 0.640. The Morgan fingerprint density at radius 1 is 1.17 bits per heavy atom. The fourth-order valence-electron chi connectivity index (χ4n) is 1.67. The Labute approximate surface area is 105 Å². The molecule has 0 saturated carbocycles. The lowest BCUT2D eigenvalue weighted by atomic mass is 10.0. The van der Waals surface area contributed by atoms with Crippen molar-refractivity contribution in [2.24, 2.45) is 0 Å². The standard InChI is InChI=1S/C14H13NO3/c1-18-9-6-7-13(16)11(8-9)14(17)10-4-2-3-5-12(10)15/h2-8,16H,15H2,1H3. The molecular formula is C14H13NO3. The molecular weight excluding hydrogens is 230 g/mol. The minimum Gasteiger partial charge on any atom is -0.507 e. The van der Waals surface area contributed by atoms with Crippen molar-refractivity contribution < 1.29 is 14.6 Å². The first kappa shape index (κ1) is 12.0. The molecule has 92 valence electrons. The Bertz CT molecular complexity index is 593. The van der Waals surface area contributed by atoms with Gasteiger partial charge in [0.05, 0.1) is 12.7 Å². The molecule has 0 atom stereocenters. The van der Waals surface area contributed by atoms with E-state index in [0.29, 0.717) is 17.0 Å². The Balaban J connectivity index is 2.49. The van der Waals surface area contributed by atoms with E-state index in [-0.39, 0.29) is 17.1 Å². The Hall–Kier alpha value is -2.49. The van der Waals surface area contributed by atoms with Gasteiger partial charge in [0.25, 0.3) is 0 Å². The number of phenols is 1. The summed E-state index contributed by atoms with van der Waals surface area (Å²) in [5.41, 5.74) is 6.66. The summed E-state index contributed by atoms with van der Waals surface area (Å²) in [7, 11) is 1.50. The highest BCUT2D eigenvalue weighted by Gasteiger charge is 2.16. The van der Waals surface area contributed by atoms with Crippen LogP contribution in [0.2, 0.25) is 0 Å². The minimum absolute atomic E-state index is 0.0935. The monoisotopic (exact) mass is 243 g/mol. The van der Waals surface area contributed by atoms with Crippen LogP contribution in [0, 0.1) is 0 Å². The van der Waals surface area contributed by atoms with Gasteiger partial charge in [0, 0.05) is 11.3 Å². The van der Waals surface area contributed by atoms with Gasteiger partial charge in [0.2, 0.25) is 0 Å². The van der Waals surface area contributed by atoms with Crippen LogP contribution in [0.5, 0.6) is 11.5 Å². The van der Waals surface area contributed by atoms with Crippen LogP contribution in [0.3, 0.4) is 0 Å². The van der Waals surface area contributed by atoms with E-state index in [4.69, 9.17) is 10.5 Å². The molecule has 2 aromatic carbocycles. The highest BCUT2D eigenvalue weighted by atomic mass is 16.5. The average Bonchev–Trinajstić information content (AvgIpc) is 2.39. The fraction of sp³-hybridized carbons (Fsp3) is 0.0714. The molecule has 2 aromatic rings. The van der Waals surface area contributed by atoms with E-state index in [9.17, 15) is 9.90 Å². The number of hydrogen-bond donors (Lipinski definition) is 2. The first-order chi connectivity index (χ1) is 8.63. The summed E-state index contributed by atoms with van der Waals surface area (Å²) in [6.45, 7) is 0. The molecule has 4 nitrogen and oxygen atoms in total. The van der Waals surface area contributed by atoms with E-state index >= 15 is 0 Å². The molecule has 0 aliphatic heterocycles. The lowest BCUT2D eigenvalue weighted by Gasteiger charge is -2.08. The Morgan fingerprint density at radius 3 is 2.56 bits per heavy atom. The van der Waals surface area contributed by atoms with Crippen molar-refractivity contribution in [1.29, 1.82) is 0 Å². The van der Waals surface area contributed by atoms with Crippen LogP contribution in [-0.4, -0.2) is 18.0 Å². The number of hydrogen-bond acceptors (Lipinski definition) is 4. The number of benzene rings is 2. The summed E-state index contributed by atoms with van der Waals surface area (Å²) in [5.74, 6) is 0.0826. The van der Waals surface area contributed by atoms with Gasteiger partial charge in [-0.25, -0.2) is 0 Å². The third-order valence-corrected chi connectivity index (χ3v) is 2.65. The molecule has 0 bridgehead atoms. The van der Waals surface area contributed by atoms with Gasteiger partial charge in [-0.3, -0.25) is 4.79 Å². The van der Waals surface area contributed by atoms with E-state index in [1.807, 2.05) is 0 Å². The maximum absolute atomic E-state index is 12.3. The maximum Gasteiger partial charge on any atom is 0.198 e. The summed E-state index contributed by atoms with van der Waals surface area (Å²) < 4.78 is 5.03. The van der Waals surface area contributed by atoms with E-state index in [1.165, 1.54) is 19.2 Å². The topological polar surface area (TPSA) is 72.5 Å². The smallest absolute Gasteiger partial charge is 0.198 e. The molecule has 0 spiro atoms. The SMILES string of the molecule is COc1ccc(O)c(C(=O)c2ccccc2N)c1. The second-order valence-electron chi connectivity index (χ2n) is 3.80. The molecule has 0 aliphatic carbocycles. The molecule has 0 unspecified atom stereocenters. The highest BCUT2D eigenvalue weighted by molar-refractivity contribution is 6.13. The van der Waals surface area contributed by atoms with Gasteiger partial charge < -0.3 is 15.6 Å². The van der Waals surface area contributed by atoms with Crippen LogP contribution in [0.15, 0.2) is 42.5 Å². The number of ketones is 1. The second-order valence-corrected chi connectivity index (χ2v) is 3.80. The normalized spacial score (nSPS) is 10.1. The van der Waals surface area contributed by atoms with Crippen LogP contribution < -0.4 is 10.5 Å². The zero-order valence-corrected chi connectivity index (χ0v) is 9.88. The van der Waals surface area contributed by atoms with Crippen molar-refractivity contribution in [3.05, 3.63) is 53.6 Å². The largest absolute Gasteiger partial charge is 0.507 e. The molecule has 4 heteroatoms. The predicted octanol–water partition coefficient (Wildman–Crippen LogP) is 2.21. The maximum atomic E-state index is 12.3. The van der Waals surface area contributed by atoms with Crippen molar-refractivity contribution in [3.8, 4) is 11.5 Å². The summed E-state index contributed by atoms with van der Waals surface area (Å²) >= 11 is 0. The molecule has 18 heavy (non-hydrogen) atoms. The van der Waals surface area contributed by atoms with Gasteiger partial charge in [-0.1, -0.05) is 12.1 Å². The molecule has 0 aliphatic rings. The third-order valence-electron chi connectivity index (χ3n) is 2.65. The minimum atomic E-state index is -0.329. The van der Waals surface area contributed by atoms with Crippen molar-refractivity contribution in [3.63, 3.8) is 0 Å². The number of methoxy groups -OCH3 is 1. The third kappa shape index (κ3) is 2.13. The number of nitrogen functional groups attached to an aromatic ring is 1. The second kappa shape index (κ2) is 4.79. The lowest BCUT2D eigenvalue weighted by Crippen LogP contribution is -2.05. The molecule has 0 amide bonds. The number of rotatable bonds is 3. The van der Waals surface area contributed by atoms with Gasteiger partial charge in [-0.15, -0.1) is 0 Å². The molecule has 3 N–H and O–H groups in total. The predicted molar refractivity (Wildman–Crippen MR) is 68.9 cm³/mol. The number of aromatic hydroxyl groups is 1. The van der Waals surface area contributed by atoms with Crippen LogP contribution >= 0.6 is 0 Å². The number of carbonyl (C=O) groups excluding carboxylic acids is 1. The van der Waals surface area contributed by atoms with Crippen LogP contribution in [-0.2, 0) is 0 Å². The first-order valence-corrected chi connectivity index (χ1v) is 5.39. The van der Waals surface area contributed by atoms with E-state index < -0.39 is 0 Å². The lowest BCUT2D eigenvalue weighted by molar-refractivity contribution is 0.103. The van der Waals surface area contributed by atoms with Gasteiger partial charge in [-0.2, -0.15) is 0 Å². The summed E-state index contributed by atoms with van der Waals surface area (Å²) in [5, 5.41) is 9.74. The number of nitrogens with two attached hydrogens (primary N) is 1. The van der Waals surface area contributed by atoms with E-state index in [1.54, 1.807) is 30.3 Å². The zero-order valence-electron chi connectivity index (χ0n) is 9.88. The fourth-order valence-corrected chi connectivity index (χ4v) is 1.67. The van der Waals surface area contributed by atoms with Crippen LogP contribution in [0.4, 0.5) is 5.69 Å². The van der Waals surface area contributed by atoms with Gasteiger partial charge in [-0.05, 0) is 30.3 Å². The summed E-state index contributed by atoms with van der Waals surface area (Å²) in [4.78, 5) is 12.3. The van der Waals surface area contributed by atoms with Crippen molar-refractivity contribution in [2.75, 3.05) is 12.8 Å². The molecule has 0 aromatic heterocycles. The number of phenolic OH excluding ortho intramolecular Hbond substituents is 1. The Kier molecular flexibility index (Phi) is 3.19. The van der Waals surface area contributed by atoms with Crippen LogP contribution in [0.1, 0.15) is 15.9 Å². The average molecular weight is 243 g/mol. The highest BCUT2D eigenvalue weighted by Crippen LogP contribution is 2.26. The number of para-hydroxylation sites is 1. The number of anilines is 1. The molecule has 0 saturated heterocycles. The van der Waals surface area contributed by atoms with E-state index in [0.717, 1.165) is 0 Å². The summed E-state index contributed by atoms with van der Waals surface area (Å²) in [6, 6.07) is 11.2.